The first-order valence-electron chi connectivity index (χ1n) is 12.6. The van der Waals surface area contributed by atoms with E-state index in [0.717, 1.165) is 68.7 Å². The third-order valence-corrected chi connectivity index (χ3v) is 7.92. The third kappa shape index (κ3) is 6.20. The Morgan fingerprint density at radius 3 is 2.42 bits per heavy atom. The Kier molecular flexibility index (Phi) is 8.88. The molecule has 1 spiro atoms. The number of nitrogens with zero attached hydrogens (tertiary/aromatic N) is 2. The number of methoxy groups -OCH3 is 2. The van der Waals surface area contributed by atoms with Gasteiger partial charge in [-0.15, -0.1) is 0 Å². The number of carbonyl (C=O) groups is 2. The first-order chi connectivity index (χ1) is 17.4. The van der Waals surface area contributed by atoms with Crippen LogP contribution in [0.25, 0.3) is 0 Å². The van der Waals surface area contributed by atoms with Gasteiger partial charge in [0, 0.05) is 31.8 Å². The van der Waals surface area contributed by atoms with Crippen LogP contribution >= 0.6 is 11.6 Å². The highest BCUT2D eigenvalue weighted by Crippen LogP contribution is 2.42. The van der Waals surface area contributed by atoms with E-state index in [2.05, 4.69) is 10.2 Å². The fourth-order valence-electron chi connectivity index (χ4n) is 5.41. The average Bonchev–Trinajstić information content (AvgIpc) is 3.18. The molecule has 7 nitrogen and oxygen atoms in total. The van der Waals surface area contributed by atoms with E-state index in [1.54, 1.807) is 7.11 Å². The number of ether oxygens (including phenoxy) is 2. The lowest BCUT2D eigenvalue weighted by Crippen LogP contribution is -2.45. The van der Waals surface area contributed by atoms with Crippen LogP contribution in [0.5, 0.6) is 5.75 Å². The van der Waals surface area contributed by atoms with Gasteiger partial charge in [0.25, 0.3) is 0 Å². The van der Waals surface area contributed by atoms with Crippen LogP contribution in [0.15, 0.2) is 48.5 Å². The zero-order valence-corrected chi connectivity index (χ0v) is 21.9. The number of rotatable bonds is 10. The van der Waals surface area contributed by atoms with Crippen molar-refractivity contribution in [2.45, 2.75) is 38.3 Å². The lowest BCUT2D eigenvalue weighted by atomic mass is 9.77. The van der Waals surface area contributed by atoms with E-state index in [4.69, 9.17) is 21.1 Å². The van der Waals surface area contributed by atoms with Crippen molar-refractivity contribution < 1.29 is 19.1 Å². The van der Waals surface area contributed by atoms with Crippen molar-refractivity contribution in [2.24, 2.45) is 5.41 Å². The number of carbonyl (C=O) groups excluding carboxylic acids is 2. The Hall–Kier alpha value is -2.61. The minimum atomic E-state index is -0.238. The second-order valence-corrected chi connectivity index (χ2v) is 10.2. The maximum Gasteiger partial charge on any atom is 0.246 e. The van der Waals surface area contributed by atoms with Crippen LogP contribution < -0.4 is 10.1 Å². The van der Waals surface area contributed by atoms with Gasteiger partial charge in [-0.2, -0.15) is 0 Å². The van der Waals surface area contributed by atoms with Crippen molar-refractivity contribution in [2.75, 3.05) is 47.0 Å². The van der Waals surface area contributed by atoms with E-state index in [1.165, 1.54) is 7.11 Å². The molecule has 8 heteroatoms. The summed E-state index contributed by atoms with van der Waals surface area (Å²) in [7, 11) is 3.17. The van der Waals surface area contributed by atoms with Crippen LogP contribution in [-0.2, 0) is 20.9 Å². The van der Waals surface area contributed by atoms with Crippen molar-refractivity contribution in [3.63, 3.8) is 0 Å². The predicted molar refractivity (Wildman–Crippen MR) is 140 cm³/mol. The van der Waals surface area contributed by atoms with Crippen LogP contribution in [0.4, 0.5) is 0 Å². The summed E-state index contributed by atoms with van der Waals surface area (Å²) in [6.07, 6.45) is 3.41. The normalized spacial score (nSPS) is 18.4. The molecule has 4 rings (SSSR count). The number of nitrogens with one attached hydrogen (secondary N) is 1. The summed E-state index contributed by atoms with van der Waals surface area (Å²) >= 11 is 6.44. The maximum absolute atomic E-state index is 13.4. The molecule has 2 heterocycles. The molecule has 2 saturated heterocycles. The largest absolute Gasteiger partial charge is 0.497 e. The zero-order chi connectivity index (χ0) is 25.5. The van der Waals surface area contributed by atoms with E-state index in [1.807, 2.05) is 53.4 Å². The van der Waals surface area contributed by atoms with Gasteiger partial charge in [-0.3, -0.25) is 9.59 Å². The molecule has 1 unspecified atom stereocenters. The van der Waals surface area contributed by atoms with Gasteiger partial charge in [-0.05, 0) is 68.1 Å². The van der Waals surface area contributed by atoms with Gasteiger partial charge in [0.15, 0.2) is 0 Å². The molecule has 0 radical (unpaired) electrons. The van der Waals surface area contributed by atoms with Gasteiger partial charge < -0.3 is 24.6 Å². The zero-order valence-electron chi connectivity index (χ0n) is 21.2. The van der Waals surface area contributed by atoms with Crippen LogP contribution in [-0.4, -0.2) is 68.6 Å². The van der Waals surface area contributed by atoms with Crippen LogP contribution in [0.3, 0.4) is 0 Å². The Labute approximate surface area is 218 Å². The van der Waals surface area contributed by atoms with Crippen LogP contribution in [0, 0.1) is 5.41 Å². The summed E-state index contributed by atoms with van der Waals surface area (Å²) in [5.41, 5.74) is 1.80. The Morgan fingerprint density at radius 2 is 1.75 bits per heavy atom. The lowest BCUT2D eigenvalue weighted by Gasteiger charge is -2.38. The molecular formula is C28H36ClN3O4. The molecule has 2 amide bonds. The van der Waals surface area contributed by atoms with Crippen LogP contribution in [0.2, 0.25) is 5.02 Å². The highest BCUT2D eigenvalue weighted by atomic mass is 35.5. The van der Waals surface area contributed by atoms with Gasteiger partial charge in [0.1, 0.15) is 12.4 Å². The van der Waals surface area contributed by atoms with Gasteiger partial charge in [0.2, 0.25) is 11.8 Å². The molecular weight excluding hydrogens is 478 g/mol. The molecule has 2 aromatic rings. The summed E-state index contributed by atoms with van der Waals surface area (Å²) in [4.78, 5) is 30.1. The molecule has 2 aliphatic heterocycles. The molecule has 36 heavy (non-hydrogen) atoms. The standard InChI is InChI=1S/C28H36ClN3O4/c1-35-20-26(33)30-25(23-5-3-4-6-24(23)29)11-15-31-16-12-28(13-17-31)14-18-32(27(28)34)19-21-7-9-22(36-2)10-8-21/h3-10,25H,11-20H2,1-2H3,(H,30,33). The number of likely N-dealkylation sites (tertiary alicyclic amines) is 2. The van der Waals surface area contributed by atoms with Crippen molar-refractivity contribution in [1.29, 1.82) is 0 Å². The average molecular weight is 514 g/mol. The highest BCUT2D eigenvalue weighted by Gasteiger charge is 2.47. The SMILES string of the molecule is COCC(=O)NC(CCN1CCC2(CC1)CCN(Cc1ccc(OC)cc1)C2=O)c1ccccc1Cl. The van der Waals surface area contributed by atoms with Gasteiger partial charge >= 0.3 is 0 Å². The number of amides is 2. The first-order valence-corrected chi connectivity index (χ1v) is 13.0. The summed E-state index contributed by atoms with van der Waals surface area (Å²) in [5, 5.41) is 3.71. The summed E-state index contributed by atoms with van der Waals surface area (Å²) in [6.45, 7) is 4.05. The number of hydrogen-bond acceptors (Lipinski definition) is 5. The molecule has 2 aliphatic rings. The molecule has 1 atom stereocenters. The second kappa shape index (κ2) is 12.1. The summed E-state index contributed by atoms with van der Waals surface area (Å²) in [5.74, 6) is 0.956. The smallest absolute Gasteiger partial charge is 0.246 e. The minimum Gasteiger partial charge on any atom is -0.497 e. The highest BCUT2D eigenvalue weighted by molar-refractivity contribution is 6.31. The Morgan fingerprint density at radius 1 is 1.06 bits per heavy atom. The molecule has 2 aromatic carbocycles. The van der Waals surface area contributed by atoms with E-state index in [-0.39, 0.29) is 24.0 Å². The van der Waals surface area contributed by atoms with Gasteiger partial charge in [0.05, 0.1) is 18.6 Å². The fraction of sp³-hybridized carbons (Fsp3) is 0.500. The van der Waals surface area contributed by atoms with E-state index < -0.39 is 0 Å². The fourth-order valence-corrected chi connectivity index (χ4v) is 5.67. The topological polar surface area (TPSA) is 71.1 Å². The molecule has 194 valence electrons. The van der Waals surface area contributed by atoms with Crippen LogP contribution in [0.1, 0.15) is 42.9 Å². The third-order valence-electron chi connectivity index (χ3n) is 7.57. The molecule has 0 bridgehead atoms. The predicted octanol–water partition coefficient (Wildman–Crippen LogP) is 4.06. The van der Waals surface area contributed by atoms with Crippen molar-refractivity contribution in [3.8, 4) is 5.75 Å². The number of piperidine rings is 1. The summed E-state index contributed by atoms with van der Waals surface area (Å²) < 4.78 is 10.2. The molecule has 0 saturated carbocycles. The number of hydrogen-bond donors (Lipinski definition) is 1. The molecule has 2 fully saturated rings. The first kappa shape index (κ1) is 26.5. The minimum absolute atomic E-state index is 0.0162. The Balaban J connectivity index is 1.31. The number of halogens is 1. The van der Waals surface area contributed by atoms with E-state index >= 15 is 0 Å². The molecule has 0 aliphatic carbocycles. The van der Waals surface area contributed by atoms with E-state index in [0.29, 0.717) is 17.5 Å². The van der Waals surface area contributed by atoms with E-state index in [9.17, 15) is 9.59 Å². The molecule has 0 aromatic heterocycles. The van der Waals surface area contributed by atoms with Crippen molar-refractivity contribution in [1.82, 2.24) is 15.1 Å². The monoisotopic (exact) mass is 513 g/mol. The van der Waals surface area contributed by atoms with Crippen molar-refractivity contribution >= 4 is 23.4 Å². The Bertz CT molecular complexity index is 1040. The maximum atomic E-state index is 13.4. The van der Waals surface area contributed by atoms with Crippen molar-refractivity contribution in [3.05, 3.63) is 64.7 Å². The quantitative estimate of drug-likeness (QED) is 0.519. The molecule has 1 N–H and O–H groups in total. The summed E-state index contributed by atoms with van der Waals surface area (Å²) in [6, 6.07) is 15.4. The lowest BCUT2D eigenvalue weighted by molar-refractivity contribution is -0.139. The van der Waals surface area contributed by atoms with Gasteiger partial charge in [-0.25, -0.2) is 0 Å². The second-order valence-electron chi connectivity index (χ2n) is 9.81. The van der Waals surface area contributed by atoms with Gasteiger partial charge in [-0.1, -0.05) is 41.9 Å². The number of benzene rings is 2.